The third kappa shape index (κ3) is 6.38. The highest BCUT2D eigenvalue weighted by atomic mass is 35.5. The summed E-state index contributed by atoms with van der Waals surface area (Å²) in [6.45, 7) is 4.10. The first-order valence-corrected chi connectivity index (χ1v) is 12.0. The van der Waals surface area contributed by atoms with Crippen LogP contribution in [0.4, 0.5) is 4.79 Å². The molecule has 178 valence electrons. The van der Waals surface area contributed by atoms with Gasteiger partial charge in [-0.3, -0.25) is 4.90 Å². The van der Waals surface area contributed by atoms with Crippen molar-refractivity contribution >= 4 is 17.7 Å². The van der Waals surface area contributed by atoms with Gasteiger partial charge in [0.25, 0.3) is 0 Å². The second-order valence-corrected chi connectivity index (χ2v) is 9.68. The van der Waals surface area contributed by atoms with Crippen molar-refractivity contribution in [3.05, 3.63) is 94.5 Å². The van der Waals surface area contributed by atoms with Crippen LogP contribution in [-0.2, 0) is 17.8 Å². The second-order valence-electron chi connectivity index (χ2n) is 9.24. The molecule has 3 aromatic carbocycles. The molecule has 0 saturated carbocycles. The van der Waals surface area contributed by atoms with E-state index >= 15 is 0 Å². The zero-order valence-electron chi connectivity index (χ0n) is 20.1. The van der Waals surface area contributed by atoms with Gasteiger partial charge in [-0.05, 0) is 61.1 Å². The fourth-order valence-corrected chi connectivity index (χ4v) is 4.20. The zero-order valence-corrected chi connectivity index (χ0v) is 20.8. The first-order chi connectivity index (χ1) is 16.4. The maximum Gasteiger partial charge on any atom is 0.410 e. The van der Waals surface area contributed by atoms with Gasteiger partial charge >= 0.3 is 6.09 Å². The van der Waals surface area contributed by atoms with Gasteiger partial charge in [0.2, 0.25) is 0 Å². The number of hydrogen-bond donors (Lipinski definition) is 0. The van der Waals surface area contributed by atoms with Crippen molar-refractivity contribution in [3.8, 4) is 11.1 Å². The fourth-order valence-electron chi connectivity index (χ4n) is 4.08. The van der Waals surface area contributed by atoms with E-state index in [2.05, 4.69) is 79.5 Å². The van der Waals surface area contributed by atoms with Gasteiger partial charge in [0.05, 0.1) is 6.54 Å². The number of likely N-dealkylation sites (N-methyl/N-ethyl adjacent to an activating group) is 2. The van der Waals surface area contributed by atoms with E-state index in [1.165, 1.54) is 16.7 Å². The molecule has 0 aromatic heterocycles. The number of carbonyl (C=O) groups excluding carboxylic acids is 1. The summed E-state index contributed by atoms with van der Waals surface area (Å²) < 4.78 is 5.57. The summed E-state index contributed by atoms with van der Waals surface area (Å²) in [5, 5.41) is 0.673. The molecule has 1 fully saturated rings. The van der Waals surface area contributed by atoms with Gasteiger partial charge in [-0.15, -0.1) is 0 Å². The number of ether oxygens (including phenoxy) is 1. The van der Waals surface area contributed by atoms with E-state index in [4.69, 9.17) is 16.3 Å². The summed E-state index contributed by atoms with van der Waals surface area (Å²) >= 11 is 5.97. The Balaban J connectivity index is 1.33. The SMILES string of the molecule is CN(C)CCN(C)Cc1ccc(-c2ccc(CN3CC(c4ccc(Cl)cc4)OC3=O)cc2)cc1. The number of halogens is 1. The number of cyclic esters (lactones) is 1. The summed E-state index contributed by atoms with van der Waals surface area (Å²) in [5.41, 5.74) is 5.71. The van der Waals surface area contributed by atoms with E-state index in [1.807, 2.05) is 24.3 Å². The summed E-state index contributed by atoms with van der Waals surface area (Å²) in [4.78, 5) is 18.7. The number of rotatable bonds is 9. The lowest BCUT2D eigenvalue weighted by molar-refractivity contribution is 0.132. The first kappa shape index (κ1) is 24.3. The fraction of sp³-hybridized carbons (Fsp3) is 0.321. The van der Waals surface area contributed by atoms with E-state index in [1.54, 1.807) is 4.90 Å². The largest absolute Gasteiger partial charge is 0.439 e. The van der Waals surface area contributed by atoms with E-state index < -0.39 is 0 Å². The second kappa shape index (κ2) is 11.0. The molecule has 1 atom stereocenters. The van der Waals surface area contributed by atoms with Crippen molar-refractivity contribution in [2.24, 2.45) is 0 Å². The molecule has 6 heteroatoms. The molecular formula is C28H32ClN3O2. The highest BCUT2D eigenvalue weighted by Gasteiger charge is 2.32. The van der Waals surface area contributed by atoms with Gasteiger partial charge in [-0.2, -0.15) is 0 Å². The Kier molecular flexibility index (Phi) is 7.88. The number of nitrogens with zero attached hydrogens (tertiary/aromatic N) is 3. The predicted octanol–water partition coefficient (Wildman–Crippen LogP) is 5.69. The van der Waals surface area contributed by atoms with Gasteiger partial charge in [0.15, 0.2) is 0 Å². The van der Waals surface area contributed by atoms with E-state index in [-0.39, 0.29) is 12.2 Å². The van der Waals surface area contributed by atoms with Gasteiger partial charge in [-0.25, -0.2) is 4.79 Å². The van der Waals surface area contributed by atoms with Gasteiger partial charge in [0, 0.05) is 31.2 Å². The molecule has 0 bridgehead atoms. The Morgan fingerprint density at radius 3 is 2.03 bits per heavy atom. The Hall–Kier alpha value is -2.86. The van der Waals surface area contributed by atoms with Crippen LogP contribution in [0.25, 0.3) is 11.1 Å². The van der Waals surface area contributed by atoms with Crippen LogP contribution < -0.4 is 0 Å². The van der Waals surface area contributed by atoms with E-state index in [9.17, 15) is 4.79 Å². The summed E-state index contributed by atoms with van der Waals surface area (Å²) in [5.74, 6) is 0. The molecule has 0 radical (unpaired) electrons. The number of carbonyl (C=O) groups is 1. The summed E-state index contributed by atoms with van der Waals surface area (Å²) in [6, 6.07) is 24.6. The minimum absolute atomic E-state index is 0.260. The molecule has 0 spiro atoms. The van der Waals surface area contributed by atoms with Crippen LogP contribution >= 0.6 is 11.6 Å². The third-order valence-corrected chi connectivity index (χ3v) is 6.38. The zero-order chi connectivity index (χ0) is 24.1. The van der Waals surface area contributed by atoms with Crippen LogP contribution in [-0.4, -0.2) is 61.6 Å². The molecule has 1 aliphatic rings. The normalized spacial score (nSPS) is 15.9. The monoisotopic (exact) mass is 477 g/mol. The first-order valence-electron chi connectivity index (χ1n) is 11.6. The molecule has 3 aromatic rings. The molecular weight excluding hydrogens is 446 g/mol. The lowest BCUT2D eigenvalue weighted by atomic mass is 10.0. The van der Waals surface area contributed by atoms with Crippen LogP contribution in [0.2, 0.25) is 5.02 Å². The van der Waals surface area contributed by atoms with Crippen LogP contribution in [0.1, 0.15) is 22.8 Å². The molecule has 5 nitrogen and oxygen atoms in total. The average molecular weight is 478 g/mol. The number of hydrogen-bond acceptors (Lipinski definition) is 4. The topological polar surface area (TPSA) is 36.0 Å². The van der Waals surface area contributed by atoms with Crippen LogP contribution in [0, 0.1) is 0 Å². The Bertz CT molecular complexity index is 1080. The Morgan fingerprint density at radius 2 is 1.44 bits per heavy atom. The third-order valence-electron chi connectivity index (χ3n) is 6.13. The lowest BCUT2D eigenvalue weighted by Crippen LogP contribution is -2.28. The van der Waals surface area contributed by atoms with Crippen molar-refractivity contribution in [3.63, 3.8) is 0 Å². The minimum Gasteiger partial charge on any atom is -0.439 e. The van der Waals surface area contributed by atoms with Crippen molar-refractivity contribution in [1.29, 1.82) is 0 Å². The highest BCUT2D eigenvalue weighted by molar-refractivity contribution is 6.30. The molecule has 4 rings (SSSR count). The van der Waals surface area contributed by atoms with Gasteiger partial charge in [0.1, 0.15) is 6.10 Å². The molecule has 1 heterocycles. The van der Waals surface area contributed by atoms with Crippen molar-refractivity contribution < 1.29 is 9.53 Å². The predicted molar refractivity (Wildman–Crippen MR) is 138 cm³/mol. The molecule has 34 heavy (non-hydrogen) atoms. The van der Waals surface area contributed by atoms with Crippen LogP contribution in [0.3, 0.4) is 0 Å². The quantitative estimate of drug-likeness (QED) is 0.396. The number of benzene rings is 3. The van der Waals surface area contributed by atoms with Crippen molar-refractivity contribution in [2.75, 3.05) is 40.8 Å². The molecule has 1 saturated heterocycles. The maximum atomic E-state index is 12.4. The standard InChI is InChI=1S/C28H32ClN3O2/c1-30(2)16-17-31(3)18-21-4-8-23(9-5-21)24-10-6-22(7-11-24)19-32-20-27(34-28(32)33)25-12-14-26(29)15-13-25/h4-15,27H,16-20H2,1-3H3. The maximum absolute atomic E-state index is 12.4. The molecule has 1 amide bonds. The van der Waals surface area contributed by atoms with Gasteiger partial charge < -0.3 is 14.5 Å². The van der Waals surface area contributed by atoms with Crippen LogP contribution in [0.15, 0.2) is 72.8 Å². The smallest absolute Gasteiger partial charge is 0.410 e. The lowest BCUT2D eigenvalue weighted by Gasteiger charge is -2.19. The minimum atomic E-state index is -0.282. The average Bonchev–Trinajstić information content (AvgIpc) is 3.19. The highest BCUT2D eigenvalue weighted by Crippen LogP contribution is 2.29. The summed E-state index contributed by atoms with van der Waals surface area (Å²) in [7, 11) is 6.36. The van der Waals surface area contributed by atoms with E-state index in [0.717, 1.165) is 30.8 Å². The molecule has 1 aliphatic heterocycles. The Morgan fingerprint density at radius 1 is 0.853 bits per heavy atom. The molecule has 0 aliphatic carbocycles. The van der Waals surface area contributed by atoms with Crippen molar-refractivity contribution in [1.82, 2.24) is 14.7 Å². The molecule has 1 unspecified atom stereocenters. The number of amides is 1. The van der Waals surface area contributed by atoms with E-state index in [0.29, 0.717) is 18.1 Å². The summed E-state index contributed by atoms with van der Waals surface area (Å²) in [6.07, 6.45) is -0.542. The Labute approximate surface area is 207 Å². The van der Waals surface area contributed by atoms with Gasteiger partial charge in [-0.1, -0.05) is 72.3 Å². The molecule has 0 N–H and O–H groups in total. The van der Waals surface area contributed by atoms with Crippen LogP contribution in [0.5, 0.6) is 0 Å². The van der Waals surface area contributed by atoms with Crippen molar-refractivity contribution in [2.45, 2.75) is 19.2 Å².